The quantitative estimate of drug-likeness (QED) is 0.927. The Balaban J connectivity index is 2.41. The van der Waals surface area contributed by atoms with Gasteiger partial charge in [0.2, 0.25) is 0 Å². The number of halogens is 1. The van der Waals surface area contributed by atoms with E-state index in [1.807, 2.05) is 0 Å². The zero-order valence-electron chi connectivity index (χ0n) is 11.1. The molecule has 2 aromatic rings. The summed E-state index contributed by atoms with van der Waals surface area (Å²) in [5.41, 5.74) is 0.932. The topological polar surface area (TPSA) is 72.2 Å². The highest BCUT2D eigenvalue weighted by Gasteiger charge is 2.11. The minimum absolute atomic E-state index is 0.0175. The van der Waals surface area contributed by atoms with Gasteiger partial charge in [-0.05, 0) is 32.0 Å². The van der Waals surface area contributed by atoms with Crippen molar-refractivity contribution < 1.29 is 14.3 Å². The van der Waals surface area contributed by atoms with Gasteiger partial charge < -0.3 is 5.11 Å². The van der Waals surface area contributed by atoms with Gasteiger partial charge in [-0.3, -0.25) is 4.57 Å². The molecule has 0 saturated carbocycles. The molecule has 5 nitrogen and oxygen atoms in total. The van der Waals surface area contributed by atoms with Crippen molar-refractivity contribution >= 4 is 5.97 Å². The molecule has 0 unspecified atom stereocenters. The van der Waals surface area contributed by atoms with Gasteiger partial charge in [-0.1, -0.05) is 6.07 Å². The molecule has 0 fully saturated rings. The van der Waals surface area contributed by atoms with E-state index < -0.39 is 17.5 Å². The fourth-order valence-corrected chi connectivity index (χ4v) is 1.95. The highest BCUT2D eigenvalue weighted by Crippen LogP contribution is 2.12. The first kappa shape index (κ1) is 13.9. The molecule has 0 saturated heterocycles. The minimum atomic E-state index is -1.19. The van der Waals surface area contributed by atoms with Crippen molar-refractivity contribution in [3.8, 4) is 0 Å². The molecule has 0 radical (unpaired) electrons. The second kappa shape index (κ2) is 5.24. The molecule has 1 heterocycles. The first-order valence-electron chi connectivity index (χ1n) is 5.95. The number of aryl methyl sites for hydroxylation is 2. The van der Waals surface area contributed by atoms with Gasteiger partial charge in [0.1, 0.15) is 5.82 Å². The molecule has 1 N–H and O–H groups in total. The van der Waals surface area contributed by atoms with E-state index in [2.05, 4.69) is 4.98 Å². The fourth-order valence-electron chi connectivity index (χ4n) is 1.95. The number of hydrogen-bond donors (Lipinski definition) is 1. The molecular weight excluding hydrogens is 263 g/mol. The van der Waals surface area contributed by atoms with Crippen molar-refractivity contribution in [2.24, 2.45) is 0 Å². The lowest BCUT2D eigenvalue weighted by Gasteiger charge is -2.10. The Labute approximate surface area is 114 Å². The molecule has 1 aromatic heterocycles. The van der Waals surface area contributed by atoms with E-state index in [4.69, 9.17) is 5.11 Å². The predicted octanol–water partition coefficient (Wildman–Crippen LogP) is 1.75. The van der Waals surface area contributed by atoms with Crippen LogP contribution in [0.5, 0.6) is 0 Å². The second-order valence-electron chi connectivity index (χ2n) is 4.52. The van der Waals surface area contributed by atoms with Crippen LogP contribution in [0.2, 0.25) is 0 Å². The highest BCUT2D eigenvalue weighted by molar-refractivity contribution is 5.87. The lowest BCUT2D eigenvalue weighted by Crippen LogP contribution is -2.26. The molecule has 104 valence electrons. The maximum atomic E-state index is 13.8. The van der Waals surface area contributed by atoms with Gasteiger partial charge in [0, 0.05) is 17.0 Å². The number of aromatic carboxylic acids is 1. The Morgan fingerprint density at radius 2 is 2.05 bits per heavy atom. The summed E-state index contributed by atoms with van der Waals surface area (Å²) in [5.74, 6) is -1.85. The number of aromatic nitrogens is 2. The zero-order chi connectivity index (χ0) is 14.9. The Morgan fingerprint density at radius 1 is 1.35 bits per heavy atom. The first-order valence-corrected chi connectivity index (χ1v) is 5.95. The van der Waals surface area contributed by atoms with Crippen LogP contribution in [-0.4, -0.2) is 20.6 Å². The standard InChI is InChI=1S/C14H13FN2O3/c1-8-5-9(2)17(14(20)16-8)7-11-4-3-10(13(18)19)6-12(11)15/h3-6H,7H2,1-2H3,(H,18,19). The number of rotatable bonds is 3. The molecule has 0 amide bonds. The second-order valence-corrected chi connectivity index (χ2v) is 4.52. The van der Waals surface area contributed by atoms with Crippen molar-refractivity contribution in [3.05, 3.63) is 63.1 Å². The van der Waals surface area contributed by atoms with Crippen LogP contribution in [0, 0.1) is 19.7 Å². The van der Waals surface area contributed by atoms with Crippen molar-refractivity contribution in [2.45, 2.75) is 20.4 Å². The summed E-state index contributed by atoms with van der Waals surface area (Å²) in [5, 5.41) is 8.78. The SMILES string of the molecule is Cc1cc(C)n(Cc2ccc(C(=O)O)cc2F)c(=O)n1. The van der Waals surface area contributed by atoms with Gasteiger partial charge >= 0.3 is 11.7 Å². The fraction of sp³-hybridized carbons (Fsp3) is 0.214. The van der Waals surface area contributed by atoms with E-state index in [1.165, 1.54) is 16.7 Å². The van der Waals surface area contributed by atoms with E-state index >= 15 is 0 Å². The first-order chi connectivity index (χ1) is 9.38. The number of carboxylic acids is 1. The maximum Gasteiger partial charge on any atom is 0.348 e. The van der Waals surface area contributed by atoms with Crippen molar-refractivity contribution in [1.82, 2.24) is 9.55 Å². The number of carboxylic acid groups (broad SMARTS) is 1. The molecule has 0 aliphatic rings. The molecule has 6 heteroatoms. The lowest BCUT2D eigenvalue weighted by molar-refractivity contribution is 0.0696. The Hall–Kier alpha value is -2.50. The van der Waals surface area contributed by atoms with Crippen LogP contribution in [0.4, 0.5) is 4.39 Å². The summed E-state index contributed by atoms with van der Waals surface area (Å²) < 4.78 is 15.2. The molecule has 20 heavy (non-hydrogen) atoms. The third-order valence-electron chi connectivity index (χ3n) is 2.97. The summed E-state index contributed by atoms with van der Waals surface area (Å²) in [6, 6.07) is 5.35. The van der Waals surface area contributed by atoms with E-state index in [9.17, 15) is 14.0 Å². The van der Waals surface area contributed by atoms with Crippen LogP contribution in [0.15, 0.2) is 29.1 Å². The average Bonchev–Trinajstić information content (AvgIpc) is 2.34. The van der Waals surface area contributed by atoms with Crippen LogP contribution >= 0.6 is 0 Å². The summed E-state index contributed by atoms with van der Waals surface area (Å²) in [4.78, 5) is 26.3. The Kier molecular flexibility index (Phi) is 3.65. The van der Waals surface area contributed by atoms with Crippen LogP contribution in [0.25, 0.3) is 0 Å². The number of nitrogens with zero attached hydrogens (tertiary/aromatic N) is 2. The molecule has 0 aliphatic heterocycles. The summed E-state index contributed by atoms with van der Waals surface area (Å²) in [6.45, 7) is 3.46. The summed E-state index contributed by atoms with van der Waals surface area (Å²) >= 11 is 0. The third kappa shape index (κ3) is 2.74. The lowest BCUT2D eigenvalue weighted by atomic mass is 10.1. The van der Waals surface area contributed by atoms with Crippen LogP contribution in [-0.2, 0) is 6.54 Å². The van der Waals surface area contributed by atoms with Crippen LogP contribution < -0.4 is 5.69 Å². The molecule has 0 aliphatic carbocycles. The van der Waals surface area contributed by atoms with Crippen LogP contribution in [0.1, 0.15) is 27.3 Å². The van der Waals surface area contributed by atoms with Crippen LogP contribution in [0.3, 0.4) is 0 Å². The maximum absolute atomic E-state index is 13.8. The van der Waals surface area contributed by atoms with Crippen molar-refractivity contribution in [1.29, 1.82) is 0 Å². The largest absolute Gasteiger partial charge is 0.478 e. The molecule has 0 bridgehead atoms. The normalized spacial score (nSPS) is 10.6. The average molecular weight is 276 g/mol. The number of benzene rings is 1. The minimum Gasteiger partial charge on any atom is -0.478 e. The third-order valence-corrected chi connectivity index (χ3v) is 2.97. The summed E-state index contributed by atoms with van der Waals surface area (Å²) in [7, 11) is 0. The van der Waals surface area contributed by atoms with Gasteiger partial charge in [-0.2, -0.15) is 4.98 Å². The smallest absolute Gasteiger partial charge is 0.348 e. The molecule has 2 rings (SSSR count). The predicted molar refractivity (Wildman–Crippen MR) is 70.4 cm³/mol. The number of carbonyl (C=O) groups is 1. The Morgan fingerprint density at radius 3 is 2.60 bits per heavy atom. The van der Waals surface area contributed by atoms with Gasteiger partial charge in [-0.15, -0.1) is 0 Å². The molecule has 0 atom stereocenters. The van der Waals surface area contributed by atoms with Gasteiger partial charge in [0.05, 0.1) is 12.1 Å². The van der Waals surface area contributed by atoms with E-state index in [1.54, 1.807) is 19.9 Å². The van der Waals surface area contributed by atoms with Gasteiger partial charge in [0.15, 0.2) is 0 Å². The Bertz CT molecular complexity index is 738. The summed E-state index contributed by atoms with van der Waals surface area (Å²) in [6.07, 6.45) is 0. The monoisotopic (exact) mass is 276 g/mol. The molecule has 1 aromatic carbocycles. The van der Waals surface area contributed by atoms with Crippen molar-refractivity contribution in [2.75, 3.05) is 0 Å². The zero-order valence-corrected chi connectivity index (χ0v) is 11.1. The van der Waals surface area contributed by atoms with E-state index in [0.29, 0.717) is 11.4 Å². The molecule has 0 spiro atoms. The van der Waals surface area contributed by atoms with E-state index in [-0.39, 0.29) is 17.7 Å². The molecular formula is C14H13FN2O3. The number of hydrogen-bond acceptors (Lipinski definition) is 3. The van der Waals surface area contributed by atoms with Gasteiger partial charge in [-0.25, -0.2) is 14.0 Å². The van der Waals surface area contributed by atoms with Gasteiger partial charge in [0.25, 0.3) is 0 Å². The highest BCUT2D eigenvalue weighted by atomic mass is 19.1. The van der Waals surface area contributed by atoms with Crippen molar-refractivity contribution in [3.63, 3.8) is 0 Å². The van der Waals surface area contributed by atoms with E-state index in [0.717, 1.165) is 6.07 Å².